The largest absolute Gasteiger partial charge is 0.480 e. The highest BCUT2D eigenvalue weighted by Gasteiger charge is 2.30. The smallest absolute Gasteiger partial charge is 0.325 e. The van der Waals surface area contributed by atoms with E-state index in [9.17, 15) is 9.90 Å². The molecule has 0 aliphatic carbocycles. The van der Waals surface area contributed by atoms with Crippen molar-refractivity contribution in [3.63, 3.8) is 0 Å². The van der Waals surface area contributed by atoms with Crippen molar-refractivity contribution in [2.24, 2.45) is 13.0 Å². The lowest BCUT2D eigenvalue weighted by Gasteiger charge is -2.34. The molecule has 1 N–H and O–H groups in total. The average Bonchev–Trinajstić information content (AvgIpc) is 2.68. The molecule has 0 bridgehead atoms. The summed E-state index contributed by atoms with van der Waals surface area (Å²) < 4.78 is 1.65. The van der Waals surface area contributed by atoms with Gasteiger partial charge in [-0.3, -0.25) is 14.4 Å². The van der Waals surface area contributed by atoms with Crippen LogP contribution in [0.25, 0.3) is 0 Å². The fourth-order valence-electron chi connectivity index (χ4n) is 2.38. The Balaban J connectivity index is 2.15. The molecule has 1 aromatic rings. The van der Waals surface area contributed by atoms with Crippen molar-refractivity contribution in [2.75, 3.05) is 13.1 Å². The molecule has 94 valence electrons. The zero-order chi connectivity index (χ0) is 12.4. The van der Waals surface area contributed by atoms with Crippen molar-refractivity contribution < 1.29 is 9.90 Å². The van der Waals surface area contributed by atoms with Gasteiger partial charge < -0.3 is 5.11 Å². The molecule has 1 fully saturated rings. The first-order valence-electron chi connectivity index (χ1n) is 6.03. The number of aromatic nitrogens is 2. The van der Waals surface area contributed by atoms with E-state index in [-0.39, 0.29) is 0 Å². The predicted molar refractivity (Wildman–Crippen MR) is 63.6 cm³/mol. The summed E-state index contributed by atoms with van der Waals surface area (Å²) in [4.78, 5) is 13.5. The van der Waals surface area contributed by atoms with Gasteiger partial charge in [0, 0.05) is 18.8 Å². The van der Waals surface area contributed by atoms with Crippen LogP contribution in [0.4, 0.5) is 0 Å². The van der Waals surface area contributed by atoms with E-state index < -0.39 is 12.0 Å². The first-order valence-corrected chi connectivity index (χ1v) is 6.03. The standard InChI is InChI=1S/C12H19N3O2/c1-9-3-5-15(6-4-9)11(12(16)17)10-7-13-14(2)8-10/h7-9,11H,3-6H2,1-2H3,(H,16,17). The first-order chi connectivity index (χ1) is 8.08. The Morgan fingerprint density at radius 1 is 1.53 bits per heavy atom. The molecule has 17 heavy (non-hydrogen) atoms. The van der Waals surface area contributed by atoms with Crippen LogP contribution >= 0.6 is 0 Å². The number of carbonyl (C=O) groups is 1. The van der Waals surface area contributed by atoms with Gasteiger partial charge in [0.05, 0.1) is 6.20 Å². The van der Waals surface area contributed by atoms with Gasteiger partial charge in [-0.05, 0) is 31.8 Å². The van der Waals surface area contributed by atoms with Crippen LogP contribution in [0.1, 0.15) is 31.4 Å². The van der Waals surface area contributed by atoms with E-state index in [2.05, 4.69) is 12.0 Å². The van der Waals surface area contributed by atoms with Gasteiger partial charge >= 0.3 is 5.97 Å². The van der Waals surface area contributed by atoms with Crippen molar-refractivity contribution in [1.29, 1.82) is 0 Å². The summed E-state index contributed by atoms with van der Waals surface area (Å²) >= 11 is 0. The number of carboxylic acids is 1. The Kier molecular flexibility index (Phi) is 3.47. The van der Waals surface area contributed by atoms with E-state index in [1.54, 1.807) is 24.1 Å². The van der Waals surface area contributed by atoms with Gasteiger partial charge in [0.15, 0.2) is 0 Å². The molecule has 0 aromatic carbocycles. The van der Waals surface area contributed by atoms with Crippen LogP contribution in [0.3, 0.4) is 0 Å². The number of nitrogens with zero attached hydrogens (tertiary/aromatic N) is 3. The Hall–Kier alpha value is -1.36. The van der Waals surface area contributed by atoms with Crippen molar-refractivity contribution in [1.82, 2.24) is 14.7 Å². The van der Waals surface area contributed by atoms with Crippen LogP contribution in [0.2, 0.25) is 0 Å². The normalized spacial score (nSPS) is 20.4. The number of rotatable bonds is 3. The zero-order valence-electron chi connectivity index (χ0n) is 10.3. The van der Waals surface area contributed by atoms with Gasteiger partial charge in [0.25, 0.3) is 0 Å². The number of hydrogen-bond donors (Lipinski definition) is 1. The van der Waals surface area contributed by atoms with Crippen LogP contribution in [0.5, 0.6) is 0 Å². The lowest BCUT2D eigenvalue weighted by Crippen LogP contribution is -2.39. The van der Waals surface area contributed by atoms with Crippen molar-refractivity contribution >= 4 is 5.97 Å². The first kappa shape index (κ1) is 12.1. The maximum absolute atomic E-state index is 11.4. The predicted octanol–water partition coefficient (Wildman–Crippen LogP) is 1.28. The minimum absolute atomic E-state index is 0.545. The monoisotopic (exact) mass is 237 g/mol. The zero-order valence-corrected chi connectivity index (χ0v) is 10.3. The molecular formula is C12H19N3O2. The number of carboxylic acid groups (broad SMARTS) is 1. The maximum atomic E-state index is 11.4. The maximum Gasteiger partial charge on any atom is 0.325 e. The molecule has 1 aliphatic rings. The SMILES string of the molecule is CC1CCN(C(C(=O)O)c2cnn(C)c2)CC1. The molecule has 1 aliphatic heterocycles. The minimum atomic E-state index is -0.785. The van der Waals surface area contributed by atoms with Crippen molar-refractivity contribution in [2.45, 2.75) is 25.8 Å². The summed E-state index contributed by atoms with van der Waals surface area (Å²) in [6, 6.07) is -0.545. The van der Waals surface area contributed by atoms with Crippen molar-refractivity contribution in [3.8, 4) is 0 Å². The molecule has 1 aromatic heterocycles. The number of piperidine rings is 1. The van der Waals surface area contributed by atoms with Gasteiger partial charge in [-0.1, -0.05) is 6.92 Å². The van der Waals surface area contributed by atoms with Crippen LogP contribution in [-0.2, 0) is 11.8 Å². The summed E-state index contributed by atoms with van der Waals surface area (Å²) in [6.07, 6.45) is 5.59. The summed E-state index contributed by atoms with van der Waals surface area (Å²) in [7, 11) is 1.81. The molecule has 1 atom stereocenters. The molecule has 1 saturated heterocycles. The Morgan fingerprint density at radius 2 is 2.18 bits per heavy atom. The Morgan fingerprint density at radius 3 is 2.65 bits per heavy atom. The van der Waals surface area contributed by atoms with Crippen LogP contribution in [0, 0.1) is 5.92 Å². The van der Waals surface area contributed by atoms with Gasteiger partial charge in [0.1, 0.15) is 6.04 Å². The lowest BCUT2D eigenvalue weighted by atomic mass is 9.96. The number of aliphatic carboxylic acids is 1. The van der Waals surface area contributed by atoms with Crippen molar-refractivity contribution in [3.05, 3.63) is 18.0 Å². The molecule has 2 rings (SSSR count). The fraction of sp³-hybridized carbons (Fsp3) is 0.667. The highest BCUT2D eigenvalue weighted by Crippen LogP contribution is 2.26. The van der Waals surface area contributed by atoms with E-state index in [0.29, 0.717) is 5.92 Å². The quantitative estimate of drug-likeness (QED) is 0.860. The number of aryl methyl sites for hydroxylation is 1. The highest BCUT2D eigenvalue weighted by molar-refractivity contribution is 5.75. The molecule has 5 heteroatoms. The van der Waals surface area contributed by atoms with Crippen LogP contribution in [-0.4, -0.2) is 38.8 Å². The van der Waals surface area contributed by atoms with Gasteiger partial charge in [-0.15, -0.1) is 0 Å². The highest BCUT2D eigenvalue weighted by atomic mass is 16.4. The number of likely N-dealkylation sites (tertiary alicyclic amines) is 1. The Labute approximate surface area is 101 Å². The second kappa shape index (κ2) is 4.87. The third-order valence-corrected chi connectivity index (χ3v) is 3.46. The lowest BCUT2D eigenvalue weighted by molar-refractivity contribution is -0.144. The van der Waals surface area contributed by atoms with Gasteiger partial charge in [-0.2, -0.15) is 5.10 Å². The van der Waals surface area contributed by atoms with E-state index in [1.807, 2.05) is 4.90 Å². The molecular weight excluding hydrogens is 218 g/mol. The summed E-state index contributed by atoms with van der Waals surface area (Å²) in [5.74, 6) is -0.0813. The topological polar surface area (TPSA) is 58.4 Å². The van der Waals surface area contributed by atoms with E-state index in [1.165, 1.54) is 0 Å². The summed E-state index contributed by atoms with van der Waals surface area (Å²) in [5, 5.41) is 13.4. The van der Waals surface area contributed by atoms with Crippen LogP contribution in [0.15, 0.2) is 12.4 Å². The van der Waals surface area contributed by atoms with Crippen LogP contribution < -0.4 is 0 Å². The summed E-state index contributed by atoms with van der Waals surface area (Å²) in [5.41, 5.74) is 0.773. The van der Waals surface area contributed by atoms with E-state index in [4.69, 9.17) is 0 Å². The number of hydrogen-bond acceptors (Lipinski definition) is 3. The third-order valence-electron chi connectivity index (χ3n) is 3.46. The fourth-order valence-corrected chi connectivity index (χ4v) is 2.38. The molecule has 2 heterocycles. The third kappa shape index (κ3) is 2.66. The molecule has 1 unspecified atom stereocenters. The molecule has 0 radical (unpaired) electrons. The molecule has 0 amide bonds. The minimum Gasteiger partial charge on any atom is -0.480 e. The average molecular weight is 237 g/mol. The van der Waals surface area contributed by atoms with E-state index in [0.717, 1.165) is 31.5 Å². The molecule has 0 saturated carbocycles. The second-order valence-corrected chi connectivity index (χ2v) is 4.91. The Bertz CT molecular complexity index is 394. The van der Waals surface area contributed by atoms with E-state index >= 15 is 0 Å². The van der Waals surface area contributed by atoms with Gasteiger partial charge in [0.2, 0.25) is 0 Å². The molecule has 5 nitrogen and oxygen atoms in total. The van der Waals surface area contributed by atoms with Gasteiger partial charge in [-0.25, -0.2) is 0 Å². The second-order valence-electron chi connectivity index (χ2n) is 4.91. The molecule has 0 spiro atoms. The summed E-state index contributed by atoms with van der Waals surface area (Å²) in [6.45, 7) is 3.93.